The van der Waals surface area contributed by atoms with Crippen LogP contribution in [0, 0.1) is 0 Å². The lowest BCUT2D eigenvalue weighted by Gasteiger charge is -1.78. The first kappa shape index (κ1) is 10.7. The summed E-state index contributed by atoms with van der Waals surface area (Å²) in [7, 11) is 0. The zero-order valence-electron chi connectivity index (χ0n) is 5.65. The summed E-state index contributed by atoms with van der Waals surface area (Å²) in [5.41, 5.74) is 0. The molecule has 12 heavy (non-hydrogen) atoms. The molecular formula is C5H4F4O3. The first-order chi connectivity index (χ1) is 5.54. The van der Waals surface area contributed by atoms with Crippen LogP contribution in [0.15, 0.2) is 12.2 Å². The van der Waals surface area contributed by atoms with Gasteiger partial charge in [0.15, 0.2) is 0 Å². The molecule has 0 N–H and O–H groups in total. The molecule has 0 bridgehead atoms. The Morgan fingerprint density at radius 1 is 1.00 bits per heavy atom. The Morgan fingerprint density at radius 2 is 1.33 bits per heavy atom. The quantitative estimate of drug-likeness (QED) is 0.431. The van der Waals surface area contributed by atoms with Crippen molar-refractivity contribution >= 4 is 6.16 Å². The van der Waals surface area contributed by atoms with E-state index in [-0.39, 0.29) is 0 Å². The van der Waals surface area contributed by atoms with Crippen LogP contribution in [-0.4, -0.2) is 19.4 Å². The molecule has 1 heterocycles. The van der Waals surface area contributed by atoms with Crippen LogP contribution in [0.3, 0.4) is 0 Å². The van der Waals surface area contributed by atoms with Crippen LogP contribution in [0.1, 0.15) is 0 Å². The third-order valence-electron chi connectivity index (χ3n) is 0.666. The van der Waals surface area contributed by atoms with Crippen molar-refractivity contribution in [1.82, 2.24) is 0 Å². The number of cyclic esters (lactones) is 2. The average Bonchev–Trinajstić information content (AvgIpc) is 2.40. The van der Waals surface area contributed by atoms with Gasteiger partial charge in [-0.05, 0) is 0 Å². The van der Waals surface area contributed by atoms with Crippen molar-refractivity contribution in [3.05, 3.63) is 12.2 Å². The molecule has 70 valence electrons. The third kappa shape index (κ3) is 5.51. The van der Waals surface area contributed by atoms with Gasteiger partial charge in [0, 0.05) is 0 Å². The molecule has 1 fully saturated rings. The van der Waals surface area contributed by atoms with Crippen LogP contribution in [-0.2, 0) is 9.47 Å². The van der Waals surface area contributed by atoms with Gasteiger partial charge in [-0.3, -0.25) is 0 Å². The summed E-state index contributed by atoms with van der Waals surface area (Å²) < 4.78 is 49.7. The molecule has 0 atom stereocenters. The molecule has 0 aromatic rings. The molecule has 1 aliphatic heterocycles. The van der Waals surface area contributed by atoms with Crippen molar-refractivity contribution in [3.63, 3.8) is 0 Å². The van der Waals surface area contributed by atoms with Gasteiger partial charge in [-0.15, -0.1) is 0 Å². The maximum absolute atomic E-state index is 10.3. The summed E-state index contributed by atoms with van der Waals surface area (Å²) in [6.07, 6.45) is -6.36. The van der Waals surface area contributed by atoms with Crippen molar-refractivity contribution in [2.24, 2.45) is 0 Å². The van der Waals surface area contributed by atoms with Gasteiger partial charge in [0.05, 0.1) is 0 Å². The average molecular weight is 188 g/mol. The second-order valence-electron chi connectivity index (χ2n) is 1.47. The summed E-state index contributed by atoms with van der Waals surface area (Å²) in [6.45, 7) is 0.831. The smallest absolute Gasteiger partial charge is 0.431 e. The molecule has 0 saturated carbocycles. The van der Waals surface area contributed by atoms with E-state index < -0.39 is 18.3 Å². The topological polar surface area (TPSA) is 35.5 Å². The van der Waals surface area contributed by atoms with E-state index in [0.717, 1.165) is 0 Å². The second-order valence-corrected chi connectivity index (χ2v) is 1.47. The van der Waals surface area contributed by atoms with Gasteiger partial charge in [-0.25, -0.2) is 4.79 Å². The van der Waals surface area contributed by atoms with Crippen LogP contribution in [0.25, 0.3) is 0 Å². The van der Waals surface area contributed by atoms with E-state index in [1.165, 1.54) is 0 Å². The normalized spacial score (nSPS) is 13.8. The summed E-state index contributed by atoms with van der Waals surface area (Å²) in [5.74, 6) is 0. The van der Waals surface area contributed by atoms with Crippen molar-refractivity contribution in [1.29, 1.82) is 0 Å². The fourth-order valence-corrected chi connectivity index (χ4v) is 0.292. The highest BCUT2D eigenvalue weighted by molar-refractivity contribution is 5.61. The number of halogens is 4. The van der Waals surface area contributed by atoms with E-state index in [4.69, 9.17) is 0 Å². The lowest BCUT2D eigenvalue weighted by atomic mass is 10.8. The number of carbonyl (C=O) groups is 1. The van der Waals surface area contributed by atoms with Gasteiger partial charge in [-0.2, -0.15) is 17.6 Å². The lowest BCUT2D eigenvalue weighted by Crippen LogP contribution is -1.88. The highest BCUT2D eigenvalue weighted by atomic mass is 19.3. The first-order valence-corrected chi connectivity index (χ1v) is 2.70. The number of hydrogen-bond acceptors (Lipinski definition) is 3. The molecule has 0 aromatic carbocycles. The van der Waals surface area contributed by atoms with E-state index >= 15 is 0 Å². The highest BCUT2D eigenvalue weighted by Crippen LogP contribution is 2.08. The molecule has 0 amide bonds. The van der Waals surface area contributed by atoms with Gasteiger partial charge < -0.3 is 9.47 Å². The van der Waals surface area contributed by atoms with Crippen molar-refractivity contribution in [2.45, 2.75) is 0 Å². The van der Waals surface area contributed by atoms with Crippen molar-refractivity contribution in [2.75, 3.05) is 13.2 Å². The summed E-state index contributed by atoms with van der Waals surface area (Å²) >= 11 is 0. The van der Waals surface area contributed by atoms with E-state index in [9.17, 15) is 22.4 Å². The van der Waals surface area contributed by atoms with Gasteiger partial charge in [0.2, 0.25) is 0 Å². The molecule has 0 spiro atoms. The van der Waals surface area contributed by atoms with Crippen LogP contribution >= 0.6 is 0 Å². The molecule has 1 rings (SSSR count). The molecule has 1 saturated heterocycles. The van der Waals surface area contributed by atoms with Crippen LogP contribution < -0.4 is 0 Å². The van der Waals surface area contributed by atoms with Gasteiger partial charge in [0.25, 0.3) is 0 Å². The highest BCUT2D eigenvalue weighted by Gasteiger charge is 2.09. The Bertz CT molecular complexity index is 165. The monoisotopic (exact) mass is 188 g/mol. The summed E-state index contributed by atoms with van der Waals surface area (Å²) in [4.78, 5) is 9.80. The fraction of sp³-hybridized carbons (Fsp3) is 0.400. The molecule has 7 heteroatoms. The Kier molecular flexibility index (Phi) is 4.82. The largest absolute Gasteiger partial charge is 0.508 e. The number of carbonyl (C=O) groups excluding carboxylic acids is 1. The molecule has 0 radical (unpaired) electrons. The molecule has 0 unspecified atom stereocenters. The van der Waals surface area contributed by atoms with Crippen LogP contribution in [0.5, 0.6) is 0 Å². The van der Waals surface area contributed by atoms with Crippen molar-refractivity contribution in [3.8, 4) is 0 Å². The maximum Gasteiger partial charge on any atom is 0.508 e. The first-order valence-electron chi connectivity index (χ1n) is 2.70. The minimum absolute atomic E-state index is 0.416. The molecule has 0 aromatic heterocycles. The number of hydrogen-bond donors (Lipinski definition) is 0. The van der Waals surface area contributed by atoms with Gasteiger partial charge in [0.1, 0.15) is 13.2 Å². The fourth-order valence-electron chi connectivity index (χ4n) is 0.292. The summed E-state index contributed by atoms with van der Waals surface area (Å²) in [5, 5.41) is 0. The minimum Gasteiger partial charge on any atom is -0.431 e. The number of rotatable bonds is 0. The van der Waals surface area contributed by atoms with E-state index in [0.29, 0.717) is 13.2 Å². The van der Waals surface area contributed by atoms with Gasteiger partial charge >= 0.3 is 18.3 Å². The van der Waals surface area contributed by atoms with Crippen LogP contribution in [0.2, 0.25) is 0 Å². The molecular weight excluding hydrogens is 184 g/mol. The third-order valence-corrected chi connectivity index (χ3v) is 0.666. The SMILES string of the molecule is FC(F)=C(F)F.O=C1OCCO1. The molecule has 0 aliphatic carbocycles. The van der Waals surface area contributed by atoms with E-state index in [1.54, 1.807) is 0 Å². The van der Waals surface area contributed by atoms with Crippen LogP contribution in [0.4, 0.5) is 22.4 Å². The zero-order chi connectivity index (χ0) is 9.56. The van der Waals surface area contributed by atoms with E-state index in [1.807, 2.05) is 0 Å². The molecule has 3 nitrogen and oxygen atoms in total. The van der Waals surface area contributed by atoms with Crippen molar-refractivity contribution < 1.29 is 31.8 Å². The van der Waals surface area contributed by atoms with E-state index in [2.05, 4.69) is 9.47 Å². The Morgan fingerprint density at radius 3 is 1.42 bits per heavy atom. The Labute approximate surface area is 64.6 Å². The summed E-state index contributed by atoms with van der Waals surface area (Å²) in [6, 6.07) is 0. The lowest BCUT2D eigenvalue weighted by molar-refractivity contribution is 0.131. The zero-order valence-corrected chi connectivity index (χ0v) is 5.65. The minimum atomic E-state index is -2.91. The standard InChI is InChI=1S/C3H4O3.C2F4/c4-3-5-1-2-6-3;3-1(4)2(5)6/h1-2H2;. The molecule has 1 aliphatic rings. The van der Waals surface area contributed by atoms with Gasteiger partial charge in [-0.1, -0.05) is 0 Å². The maximum atomic E-state index is 10.3. The second kappa shape index (κ2) is 5.39. The Hall–Kier alpha value is -1.27. The predicted molar refractivity (Wildman–Crippen MR) is 28.8 cm³/mol. The predicted octanol–water partition coefficient (Wildman–Crippen LogP) is 2.14. The number of ether oxygens (including phenoxy) is 2. The Balaban J connectivity index is 0.000000202.